The van der Waals surface area contributed by atoms with Gasteiger partial charge < -0.3 is 0 Å². The Morgan fingerprint density at radius 3 is 2.43 bits per heavy atom. The summed E-state index contributed by atoms with van der Waals surface area (Å²) < 4.78 is 1.76. The first kappa shape index (κ1) is 14.0. The fraction of sp³-hybridized carbons (Fsp3) is 0.412. The van der Waals surface area contributed by atoms with E-state index in [4.69, 9.17) is 0 Å². The molecule has 0 N–H and O–H groups in total. The Balaban J connectivity index is 2.02. The van der Waals surface area contributed by atoms with Crippen molar-refractivity contribution in [2.75, 3.05) is 14.1 Å². The molecule has 1 aromatic carbocycles. The van der Waals surface area contributed by atoms with Crippen LogP contribution in [0.2, 0.25) is 0 Å². The molecule has 2 aromatic rings. The standard InChI is InChI=1S/C17H21N3O/c1-19(2)17(11-6-7-12-17)16(21)15-10-13-18-20(15)14-8-4-3-5-9-14/h3-5,8-10,13H,6-7,11-12H2,1-2H3. The molecule has 3 rings (SSSR count). The van der Waals surface area contributed by atoms with Crippen LogP contribution in [-0.4, -0.2) is 40.1 Å². The monoisotopic (exact) mass is 283 g/mol. The van der Waals surface area contributed by atoms with Crippen molar-refractivity contribution in [2.24, 2.45) is 0 Å². The number of hydrogen-bond donors (Lipinski definition) is 0. The number of rotatable bonds is 4. The van der Waals surface area contributed by atoms with Crippen LogP contribution in [0.15, 0.2) is 42.6 Å². The summed E-state index contributed by atoms with van der Waals surface area (Å²) in [6.07, 6.45) is 5.79. The third-order valence-electron chi connectivity index (χ3n) is 4.59. The van der Waals surface area contributed by atoms with Crippen LogP contribution in [0.25, 0.3) is 5.69 Å². The number of Topliss-reactive ketones (excluding diaryl/α,β-unsaturated/α-hetero) is 1. The normalized spacial score (nSPS) is 17.3. The molecule has 1 aliphatic rings. The predicted molar refractivity (Wildman–Crippen MR) is 82.8 cm³/mol. The summed E-state index contributed by atoms with van der Waals surface area (Å²) in [6.45, 7) is 0. The molecule has 1 aliphatic carbocycles. The van der Waals surface area contributed by atoms with Crippen molar-refractivity contribution in [3.8, 4) is 5.69 Å². The molecule has 0 unspecified atom stereocenters. The van der Waals surface area contributed by atoms with E-state index in [1.54, 1.807) is 10.9 Å². The molecular formula is C17H21N3O. The number of aromatic nitrogens is 2. The molecule has 21 heavy (non-hydrogen) atoms. The van der Waals surface area contributed by atoms with Crippen LogP contribution >= 0.6 is 0 Å². The number of carbonyl (C=O) groups is 1. The minimum atomic E-state index is -0.368. The van der Waals surface area contributed by atoms with Gasteiger partial charge in [0.05, 0.1) is 17.4 Å². The summed E-state index contributed by atoms with van der Waals surface area (Å²) in [5.74, 6) is 0.186. The molecule has 1 heterocycles. The minimum Gasteiger partial charge on any atom is -0.297 e. The largest absolute Gasteiger partial charge is 0.297 e. The predicted octanol–water partition coefficient (Wildman–Crippen LogP) is 2.93. The Bertz CT molecular complexity index is 624. The van der Waals surface area contributed by atoms with Gasteiger partial charge in [0.2, 0.25) is 5.78 Å². The second-order valence-electron chi connectivity index (χ2n) is 5.93. The zero-order valence-electron chi connectivity index (χ0n) is 12.6. The number of para-hydroxylation sites is 1. The van der Waals surface area contributed by atoms with Gasteiger partial charge in [-0.25, -0.2) is 4.68 Å². The van der Waals surface area contributed by atoms with Crippen molar-refractivity contribution in [1.82, 2.24) is 14.7 Å². The zero-order valence-corrected chi connectivity index (χ0v) is 12.6. The van der Waals surface area contributed by atoms with E-state index in [0.29, 0.717) is 5.69 Å². The van der Waals surface area contributed by atoms with Crippen molar-refractivity contribution >= 4 is 5.78 Å². The quantitative estimate of drug-likeness (QED) is 0.810. The van der Waals surface area contributed by atoms with Crippen molar-refractivity contribution < 1.29 is 4.79 Å². The van der Waals surface area contributed by atoms with Crippen molar-refractivity contribution in [2.45, 2.75) is 31.2 Å². The third-order valence-corrected chi connectivity index (χ3v) is 4.59. The lowest BCUT2D eigenvalue weighted by atomic mass is 9.88. The minimum absolute atomic E-state index is 0.186. The highest BCUT2D eigenvalue weighted by Crippen LogP contribution is 2.36. The molecule has 4 nitrogen and oxygen atoms in total. The zero-order chi connectivity index (χ0) is 14.9. The average molecular weight is 283 g/mol. The van der Waals surface area contributed by atoms with Crippen molar-refractivity contribution in [3.05, 3.63) is 48.3 Å². The summed E-state index contributed by atoms with van der Waals surface area (Å²) in [5.41, 5.74) is 1.24. The van der Waals surface area contributed by atoms with Gasteiger partial charge in [-0.2, -0.15) is 5.10 Å². The van der Waals surface area contributed by atoms with Crippen LogP contribution in [0.3, 0.4) is 0 Å². The summed E-state index contributed by atoms with van der Waals surface area (Å²) >= 11 is 0. The maximum atomic E-state index is 13.2. The SMILES string of the molecule is CN(C)C1(C(=O)c2ccnn2-c2ccccc2)CCCC1. The molecule has 1 fully saturated rings. The number of hydrogen-bond acceptors (Lipinski definition) is 3. The van der Waals surface area contributed by atoms with Gasteiger partial charge in [0.1, 0.15) is 5.69 Å². The lowest BCUT2D eigenvalue weighted by Crippen LogP contribution is -2.49. The first-order valence-corrected chi connectivity index (χ1v) is 7.47. The van der Waals surface area contributed by atoms with E-state index in [1.165, 1.54) is 0 Å². The Kier molecular flexibility index (Phi) is 3.64. The summed E-state index contributed by atoms with van der Waals surface area (Å²) in [7, 11) is 4.01. The van der Waals surface area contributed by atoms with Crippen molar-refractivity contribution in [1.29, 1.82) is 0 Å². The molecule has 0 aliphatic heterocycles. The van der Waals surface area contributed by atoms with Gasteiger partial charge in [0.15, 0.2) is 0 Å². The number of carbonyl (C=O) groups excluding carboxylic acids is 1. The van der Waals surface area contributed by atoms with E-state index in [0.717, 1.165) is 31.4 Å². The number of likely N-dealkylation sites (N-methyl/N-ethyl adjacent to an activating group) is 1. The maximum absolute atomic E-state index is 13.2. The van der Waals surface area contributed by atoms with Gasteiger partial charge in [-0.1, -0.05) is 31.0 Å². The van der Waals surface area contributed by atoms with Gasteiger partial charge in [0.25, 0.3) is 0 Å². The van der Waals surface area contributed by atoms with Crippen LogP contribution in [0.4, 0.5) is 0 Å². The molecule has 110 valence electrons. The molecule has 0 radical (unpaired) electrons. The highest BCUT2D eigenvalue weighted by atomic mass is 16.1. The van der Waals surface area contributed by atoms with Gasteiger partial charge in [-0.3, -0.25) is 9.69 Å². The fourth-order valence-corrected chi connectivity index (χ4v) is 3.33. The molecule has 1 saturated carbocycles. The molecule has 0 saturated heterocycles. The molecule has 0 bridgehead atoms. The van der Waals surface area contributed by atoms with Gasteiger partial charge in [-0.05, 0) is 45.1 Å². The van der Waals surface area contributed by atoms with E-state index < -0.39 is 0 Å². The number of ketones is 1. The Hall–Kier alpha value is -1.94. The summed E-state index contributed by atoms with van der Waals surface area (Å²) in [6, 6.07) is 11.7. The Morgan fingerprint density at radius 1 is 1.14 bits per heavy atom. The number of benzene rings is 1. The molecule has 0 amide bonds. The summed E-state index contributed by atoms with van der Waals surface area (Å²) in [4.78, 5) is 15.3. The lowest BCUT2D eigenvalue weighted by Gasteiger charge is -2.34. The third kappa shape index (κ3) is 2.29. The van der Waals surface area contributed by atoms with E-state index in [-0.39, 0.29) is 11.3 Å². The molecule has 0 spiro atoms. The van der Waals surface area contributed by atoms with Crippen LogP contribution in [0, 0.1) is 0 Å². The maximum Gasteiger partial charge on any atom is 0.201 e. The average Bonchev–Trinajstić information content (AvgIpc) is 3.17. The highest BCUT2D eigenvalue weighted by Gasteiger charge is 2.44. The molecule has 4 heteroatoms. The van der Waals surface area contributed by atoms with Crippen LogP contribution in [-0.2, 0) is 0 Å². The van der Waals surface area contributed by atoms with Crippen LogP contribution < -0.4 is 0 Å². The topological polar surface area (TPSA) is 38.1 Å². The molecule has 0 atom stereocenters. The first-order chi connectivity index (χ1) is 10.1. The smallest absolute Gasteiger partial charge is 0.201 e. The van der Waals surface area contributed by atoms with E-state index >= 15 is 0 Å². The van der Waals surface area contributed by atoms with Crippen LogP contribution in [0.1, 0.15) is 36.2 Å². The van der Waals surface area contributed by atoms with Gasteiger partial charge in [0, 0.05) is 0 Å². The number of nitrogens with zero attached hydrogens (tertiary/aromatic N) is 3. The summed E-state index contributed by atoms with van der Waals surface area (Å²) in [5, 5.41) is 4.35. The molecular weight excluding hydrogens is 262 g/mol. The first-order valence-electron chi connectivity index (χ1n) is 7.47. The van der Waals surface area contributed by atoms with Gasteiger partial charge in [-0.15, -0.1) is 0 Å². The van der Waals surface area contributed by atoms with E-state index in [1.807, 2.05) is 50.5 Å². The lowest BCUT2D eigenvalue weighted by molar-refractivity contribution is 0.0684. The van der Waals surface area contributed by atoms with Gasteiger partial charge >= 0.3 is 0 Å². The fourth-order valence-electron chi connectivity index (χ4n) is 3.33. The Labute approximate surface area is 125 Å². The second kappa shape index (κ2) is 5.45. The van der Waals surface area contributed by atoms with Crippen molar-refractivity contribution in [3.63, 3.8) is 0 Å². The highest BCUT2D eigenvalue weighted by molar-refractivity contribution is 6.02. The van der Waals surface area contributed by atoms with Crippen LogP contribution in [0.5, 0.6) is 0 Å². The molecule has 1 aromatic heterocycles. The van der Waals surface area contributed by atoms with E-state index in [9.17, 15) is 4.79 Å². The van der Waals surface area contributed by atoms with E-state index in [2.05, 4.69) is 10.00 Å². The Morgan fingerprint density at radius 2 is 1.81 bits per heavy atom. The second-order valence-corrected chi connectivity index (χ2v) is 5.93.